The summed E-state index contributed by atoms with van der Waals surface area (Å²) < 4.78 is 24.2. The highest BCUT2D eigenvalue weighted by Crippen LogP contribution is 2.43. The first-order valence-electron chi connectivity index (χ1n) is 8.29. The number of hydrogen-bond acceptors (Lipinski definition) is 4. The molecule has 0 unspecified atom stereocenters. The van der Waals surface area contributed by atoms with Crippen LogP contribution in [0, 0.1) is 17.2 Å². The number of halogens is 1. The molecule has 0 radical (unpaired) electrons. The predicted octanol–water partition coefficient (Wildman–Crippen LogP) is 1.87. The van der Waals surface area contributed by atoms with E-state index in [1.165, 1.54) is 19.2 Å². The van der Waals surface area contributed by atoms with E-state index in [1.54, 1.807) is 13.2 Å². The molecule has 1 amide bonds. The van der Waals surface area contributed by atoms with Crippen LogP contribution in [0.15, 0.2) is 18.2 Å². The average molecular weight is 336 g/mol. The van der Waals surface area contributed by atoms with Crippen molar-refractivity contribution < 1.29 is 18.7 Å². The molecule has 1 aromatic carbocycles. The highest BCUT2D eigenvalue weighted by atomic mass is 19.1. The Kier molecular flexibility index (Phi) is 4.78. The zero-order chi connectivity index (χ0) is 17.3. The van der Waals surface area contributed by atoms with Crippen molar-refractivity contribution in [3.05, 3.63) is 29.6 Å². The van der Waals surface area contributed by atoms with Gasteiger partial charge in [-0.1, -0.05) is 0 Å². The van der Waals surface area contributed by atoms with Crippen LogP contribution in [0.4, 0.5) is 4.39 Å². The van der Waals surface area contributed by atoms with Gasteiger partial charge < -0.3 is 19.3 Å². The van der Waals surface area contributed by atoms with Gasteiger partial charge in [-0.15, -0.1) is 0 Å². The molecule has 24 heavy (non-hydrogen) atoms. The van der Waals surface area contributed by atoms with Gasteiger partial charge >= 0.3 is 0 Å². The Morgan fingerprint density at radius 3 is 2.83 bits per heavy atom. The fourth-order valence-corrected chi connectivity index (χ4v) is 4.25. The van der Waals surface area contributed by atoms with E-state index >= 15 is 0 Å². The smallest absolute Gasteiger partial charge is 0.253 e. The highest BCUT2D eigenvalue weighted by Gasteiger charge is 2.50. The molecule has 2 saturated heterocycles. The highest BCUT2D eigenvalue weighted by molar-refractivity contribution is 5.94. The van der Waals surface area contributed by atoms with Crippen molar-refractivity contribution in [1.29, 1.82) is 0 Å². The molecule has 1 spiro atoms. The molecule has 6 heteroatoms. The molecule has 0 bridgehead atoms. The second kappa shape index (κ2) is 6.69. The molecule has 2 heterocycles. The van der Waals surface area contributed by atoms with E-state index in [9.17, 15) is 9.18 Å². The van der Waals surface area contributed by atoms with Crippen LogP contribution in [0.2, 0.25) is 0 Å². The maximum atomic E-state index is 13.9. The number of likely N-dealkylation sites (tertiary alicyclic amines) is 2. The maximum Gasteiger partial charge on any atom is 0.253 e. The van der Waals surface area contributed by atoms with Crippen molar-refractivity contribution >= 4 is 5.91 Å². The molecule has 2 aliphatic heterocycles. The molecule has 2 fully saturated rings. The summed E-state index contributed by atoms with van der Waals surface area (Å²) in [5, 5.41) is 0. The summed E-state index contributed by atoms with van der Waals surface area (Å²) >= 11 is 0. The summed E-state index contributed by atoms with van der Waals surface area (Å²) in [5.74, 6) is -0.0332. The molecule has 3 rings (SSSR count). The van der Waals surface area contributed by atoms with Gasteiger partial charge in [0.15, 0.2) is 11.6 Å². The van der Waals surface area contributed by atoms with Crippen molar-refractivity contribution in [2.75, 3.05) is 54.1 Å². The Labute approximate surface area is 142 Å². The summed E-state index contributed by atoms with van der Waals surface area (Å²) in [7, 11) is 5.25. The molecular formula is C18H25FN2O3. The molecule has 0 N–H and O–H groups in total. The minimum atomic E-state index is -0.505. The fourth-order valence-electron chi connectivity index (χ4n) is 4.25. The minimum Gasteiger partial charge on any atom is -0.494 e. The lowest BCUT2D eigenvalue weighted by atomic mass is 9.77. The zero-order valence-electron chi connectivity index (χ0n) is 14.5. The zero-order valence-corrected chi connectivity index (χ0v) is 14.5. The average Bonchev–Trinajstić information content (AvgIpc) is 3.11. The van der Waals surface area contributed by atoms with Gasteiger partial charge in [-0.25, -0.2) is 4.39 Å². The summed E-state index contributed by atoms with van der Waals surface area (Å²) in [6, 6.07) is 4.40. The van der Waals surface area contributed by atoms with Gasteiger partial charge in [0.25, 0.3) is 5.91 Å². The van der Waals surface area contributed by atoms with Crippen LogP contribution in [-0.2, 0) is 4.74 Å². The molecule has 0 aromatic heterocycles. The number of rotatable bonds is 4. The predicted molar refractivity (Wildman–Crippen MR) is 88.8 cm³/mol. The van der Waals surface area contributed by atoms with Crippen molar-refractivity contribution in [2.24, 2.45) is 11.3 Å². The fraction of sp³-hybridized carbons (Fsp3) is 0.611. The maximum absolute atomic E-state index is 13.9. The quantitative estimate of drug-likeness (QED) is 0.842. The van der Waals surface area contributed by atoms with Gasteiger partial charge in [0, 0.05) is 50.2 Å². The largest absolute Gasteiger partial charge is 0.494 e. The number of carbonyl (C=O) groups is 1. The lowest BCUT2D eigenvalue weighted by Crippen LogP contribution is -2.38. The lowest BCUT2D eigenvalue weighted by molar-refractivity contribution is 0.0715. The number of benzene rings is 1. The monoisotopic (exact) mass is 336 g/mol. The molecule has 132 valence electrons. The van der Waals surface area contributed by atoms with Gasteiger partial charge in [-0.05, 0) is 31.7 Å². The van der Waals surface area contributed by atoms with Crippen LogP contribution >= 0.6 is 0 Å². The van der Waals surface area contributed by atoms with E-state index < -0.39 is 5.82 Å². The van der Waals surface area contributed by atoms with Crippen molar-refractivity contribution in [2.45, 2.75) is 6.42 Å². The first-order chi connectivity index (χ1) is 11.5. The van der Waals surface area contributed by atoms with E-state index in [4.69, 9.17) is 9.47 Å². The Morgan fingerprint density at radius 2 is 2.17 bits per heavy atom. The topological polar surface area (TPSA) is 42.0 Å². The number of nitrogens with zero attached hydrogens (tertiary/aromatic N) is 2. The van der Waals surface area contributed by atoms with Gasteiger partial charge in [0.2, 0.25) is 0 Å². The summed E-state index contributed by atoms with van der Waals surface area (Å²) in [6.07, 6.45) is 0.968. The van der Waals surface area contributed by atoms with Crippen molar-refractivity contribution in [1.82, 2.24) is 9.80 Å². The Balaban J connectivity index is 1.75. The number of carbonyl (C=O) groups excluding carboxylic acids is 1. The summed E-state index contributed by atoms with van der Waals surface area (Å²) in [5.41, 5.74) is 0.464. The minimum absolute atomic E-state index is 0.0887. The summed E-state index contributed by atoms with van der Waals surface area (Å²) in [4.78, 5) is 16.9. The molecule has 5 nitrogen and oxygen atoms in total. The number of hydrogen-bond donors (Lipinski definition) is 0. The Bertz CT molecular complexity index is 624. The third-order valence-electron chi connectivity index (χ3n) is 5.42. The number of methoxy groups -OCH3 is 2. The standard InChI is InChI=1S/C18H25FN2O3/c1-20-9-14(10-23-2)18(11-20)6-7-21(12-18)17(22)13-4-5-16(24-3)15(19)8-13/h4-5,8,14H,6-7,9-12H2,1-3H3/t14-,18+/m0/s1. The summed E-state index contributed by atoms with van der Waals surface area (Å²) in [6.45, 7) is 4.09. The third kappa shape index (κ3) is 3.00. The second-order valence-corrected chi connectivity index (χ2v) is 7.04. The van der Waals surface area contributed by atoms with Crippen molar-refractivity contribution in [3.63, 3.8) is 0 Å². The van der Waals surface area contributed by atoms with Gasteiger partial charge in [-0.2, -0.15) is 0 Å². The molecule has 2 aliphatic rings. The Morgan fingerprint density at radius 1 is 1.38 bits per heavy atom. The molecule has 0 saturated carbocycles. The van der Waals surface area contributed by atoms with Crippen LogP contribution in [0.5, 0.6) is 5.75 Å². The molecule has 2 atom stereocenters. The van der Waals surface area contributed by atoms with Crippen molar-refractivity contribution in [3.8, 4) is 5.75 Å². The Hall–Kier alpha value is -1.66. The first-order valence-corrected chi connectivity index (χ1v) is 8.29. The van der Waals surface area contributed by atoms with E-state index in [0.717, 1.165) is 19.5 Å². The lowest BCUT2D eigenvalue weighted by Gasteiger charge is -2.30. The van der Waals surface area contributed by atoms with Crippen LogP contribution in [0.3, 0.4) is 0 Å². The van der Waals surface area contributed by atoms with Crippen LogP contribution in [-0.4, -0.2) is 69.8 Å². The first kappa shape index (κ1) is 17.2. The third-order valence-corrected chi connectivity index (χ3v) is 5.42. The molecule has 0 aliphatic carbocycles. The van der Waals surface area contributed by atoms with Crippen LogP contribution < -0.4 is 4.74 Å². The van der Waals surface area contributed by atoms with E-state index in [1.807, 2.05) is 4.90 Å². The van der Waals surface area contributed by atoms with E-state index in [-0.39, 0.29) is 17.1 Å². The van der Waals surface area contributed by atoms with Crippen LogP contribution in [0.1, 0.15) is 16.8 Å². The SMILES string of the molecule is COC[C@@H]1CN(C)C[C@@]12CCN(C(=O)c1ccc(OC)c(F)c1)C2. The van der Waals surface area contributed by atoms with Crippen LogP contribution in [0.25, 0.3) is 0 Å². The van der Waals surface area contributed by atoms with Gasteiger partial charge in [-0.3, -0.25) is 4.79 Å². The van der Waals surface area contributed by atoms with Gasteiger partial charge in [0.05, 0.1) is 13.7 Å². The number of ether oxygens (including phenoxy) is 2. The molecular weight excluding hydrogens is 311 g/mol. The second-order valence-electron chi connectivity index (χ2n) is 7.04. The van der Waals surface area contributed by atoms with E-state index in [2.05, 4.69) is 11.9 Å². The number of amides is 1. The van der Waals surface area contributed by atoms with E-state index in [0.29, 0.717) is 31.2 Å². The van der Waals surface area contributed by atoms with Gasteiger partial charge in [0.1, 0.15) is 0 Å². The molecule has 1 aromatic rings. The normalized spacial score (nSPS) is 27.2.